The van der Waals surface area contributed by atoms with Gasteiger partial charge in [0.2, 0.25) is 0 Å². The average Bonchev–Trinajstić information content (AvgIpc) is 3.68. The number of nitrogens with zero attached hydrogens (tertiary/aromatic N) is 5. The van der Waals surface area contributed by atoms with Crippen molar-refractivity contribution < 1.29 is 19.2 Å². The highest BCUT2D eigenvalue weighted by atomic mass is 35.5. The lowest BCUT2D eigenvalue weighted by molar-refractivity contribution is 0.0942. The Labute approximate surface area is 251 Å². The Hall–Kier alpha value is -4.40. The number of halogens is 1. The number of rotatable bonds is 11. The molecule has 0 unspecified atom stereocenters. The molecule has 15 heteroatoms. The van der Waals surface area contributed by atoms with Crippen LogP contribution in [0.4, 0.5) is 17.1 Å². The maximum atomic E-state index is 13.0. The maximum Gasteiger partial charge on any atom is 0.272 e. The average molecular weight is 614 g/mol. The van der Waals surface area contributed by atoms with Crippen molar-refractivity contribution in [3.05, 3.63) is 69.4 Å². The van der Waals surface area contributed by atoms with Crippen molar-refractivity contribution in [1.29, 1.82) is 0 Å². The molecule has 0 fully saturated rings. The molecular formula is C27H32ClN9O4S. The van der Waals surface area contributed by atoms with E-state index in [2.05, 4.69) is 26.3 Å². The van der Waals surface area contributed by atoms with Crippen molar-refractivity contribution in [3.8, 4) is 0 Å². The summed E-state index contributed by atoms with van der Waals surface area (Å²) in [7, 11) is 9.04. The van der Waals surface area contributed by atoms with E-state index in [0.29, 0.717) is 45.6 Å². The number of aromatic nitrogens is 4. The van der Waals surface area contributed by atoms with E-state index in [1.807, 2.05) is 19.0 Å². The van der Waals surface area contributed by atoms with Gasteiger partial charge in [-0.05, 0) is 45.3 Å². The lowest BCUT2D eigenvalue weighted by Crippen LogP contribution is -2.28. The molecule has 222 valence electrons. The summed E-state index contributed by atoms with van der Waals surface area (Å²) in [5.74, 6) is -1.45. The van der Waals surface area contributed by atoms with Crippen molar-refractivity contribution in [2.24, 2.45) is 21.1 Å². The Morgan fingerprint density at radius 1 is 0.786 bits per heavy atom. The summed E-state index contributed by atoms with van der Waals surface area (Å²) in [6.45, 7) is 1.41. The number of carbonyl (C=O) groups is 4. The molecule has 0 spiro atoms. The number of carbonyl (C=O) groups excluding carboxylic acids is 4. The molecule has 4 N–H and O–H groups in total. The number of amides is 4. The van der Waals surface area contributed by atoms with Crippen molar-refractivity contribution in [1.82, 2.24) is 28.9 Å². The van der Waals surface area contributed by atoms with E-state index in [0.717, 1.165) is 24.3 Å². The van der Waals surface area contributed by atoms with Gasteiger partial charge in [0.1, 0.15) is 22.0 Å². The van der Waals surface area contributed by atoms with E-state index < -0.39 is 11.8 Å². The van der Waals surface area contributed by atoms with E-state index >= 15 is 0 Å². The van der Waals surface area contributed by atoms with Crippen LogP contribution < -0.4 is 21.3 Å². The van der Waals surface area contributed by atoms with Gasteiger partial charge in [-0.2, -0.15) is 0 Å². The first-order chi connectivity index (χ1) is 19.9. The summed E-state index contributed by atoms with van der Waals surface area (Å²) in [5, 5.41) is 11.2. The summed E-state index contributed by atoms with van der Waals surface area (Å²) in [4.78, 5) is 57.2. The fourth-order valence-corrected chi connectivity index (χ4v) is 5.04. The lowest BCUT2D eigenvalue weighted by Gasteiger charge is -2.10. The van der Waals surface area contributed by atoms with Crippen LogP contribution in [0.5, 0.6) is 0 Å². The summed E-state index contributed by atoms with van der Waals surface area (Å²) in [5.41, 5.74) is 2.31. The molecule has 4 aromatic heterocycles. The molecule has 0 aromatic carbocycles. The van der Waals surface area contributed by atoms with Crippen LogP contribution in [0.15, 0.2) is 43.0 Å². The molecule has 42 heavy (non-hydrogen) atoms. The number of thiazole rings is 1. The van der Waals surface area contributed by atoms with Gasteiger partial charge in [0.15, 0.2) is 4.47 Å². The summed E-state index contributed by atoms with van der Waals surface area (Å²) in [6.07, 6.45) is 7.09. The molecular weight excluding hydrogens is 582 g/mol. The largest absolute Gasteiger partial charge is 0.351 e. The smallest absolute Gasteiger partial charge is 0.272 e. The minimum Gasteiger partial charge on any atom is -0.351 e. The van der Waals surface area contributed by atoms with Gasteiger partial charge in [-0.25, -0.2) is 4.98 Å². The van der Waals surface area contributed by atoms with Gasteiger partial charge in [-0.15, -0.1) is 0 Å². The van der Waals surface area contributed by atoms with Gasteiger partial charge in [0.05, 0.1) is 23.3 Å². The third kappa shape index (κ3) is 7.46. The number of hydrogen-bond donors (Lipinski definition) is 4. The molecule has 0 radical (unpaired) electrons. The molecule has 0 aliphatic rings. The van der Waals surface area contributed by atoms with E-state index in [4.69, 9.17) is 11.6 Å². The van der Waals surface area contributed by atoms with E-state index in [9.17, 15) is 19.2 Å². The Morgan fingerprint density at radius 2 is 1.24 bits per heavy atom. The van der Waals surface area contributed by atoms with Crippen LogP contribution in [-0.2, 0) is 21.1 Å². The molecule has 0 bridgehead atoms. The van der Waals surface area contributed by atoms with Crippen molar-refractivity contribution in [3.63, 3.8) is 0 Å². The monoisotopic (exact) mass is 613 g/mol. The summed E-state index contributed by atoms with van der Waals surface area (Å²) >= 11 is 6.85. The fourth-order valence-electron chi connectivity index (χ4n) is 4.20. The molecule has 4 heterocycles. The van der Waals surface area contributed by atoms with Crippen LogP contribution >= 0.6 is 22.9 Å². The molecule has 0 aliphatic carbocycles. The van der Waals surface area contributed by atoms with E-state index in [1.165, 1.54) is 12.3 Å². The van der Waals surface area contributed by atoms with Gasteiger partial charge in [-0.1, -0.05) is 22.9 Å². The number of anilines is 3. The highest BCUT2D eigenvalue weighted by molar-refractivity contribution is 7.17. The molecule has 0 saturated heterocycles. The van der Waals surface area contributed by atoms with E-state index in [1.54, 1.807) is 65.6 Å². The van der Waals surface area contributed by atoms with Crippen LogP contribution in [-0.4, -0.2) is 74.4 Å². The first-order valence-corrected chi connectivity index (χ1v) is 14.1. The van der Waals surface area contributed by atoms with Crippen molar-refractivity contribution >= 4 is 63.6 Å². The molecule has 4 rings (SSSR count). The standard InChI is InChI=1S/C27H32ClN9O4S/c1-34(2)8-6-7-29-23(38)19-9-16(13-35(19)3)31-24(39)20-10-17(14-36(20)4)32-25(40)21-11-18(15-37(21)5)33-26(41)22-12-30-27(28)42-22/h9-15H,6-8H2,1-5H3,(H,29,38)(H,31,39)(H,32,40)(H,33,41). The Bertz CT molecular complexity index is 1630. The fraction of sp³-hybridized carbons (Fsp3) is 0.296. The topological polar surface area (TPSA) is 147 Å². The van der Waals surface area contributed by atoms with Crippen LogP contribution in [0.3, 0.4) is 0 Å². The Kier molecular flexibility index (Phi) is 9.50. The number of hydrogen-bond acceptors (Lipinski definition) is 7. The Morgan fingerprint density at radius 3 is 1.67 bits per heavy atom. The van der Waals surface area contributed by atoms with Crippen LogP contribution in [0, 0.1) is 0 Å². The minimum atomic E-state index is -0.430. The lowest BCUT2D eigenvalue weighted by atomic mass is 10.3. The zero-order valence-electron chi connectivity index (χ0n) is 23.8. The SMILES string of the molecule is CN(C)CCCNC(=O)c1cc(NC(=O)c2cc(NC(=O)c3cc(NC(=O)c4cnc(Cl)s4)cn3C)cn2C)cn1C. The second kappa shape index (κ2) is 13.1. The highest BCUT2D eigenvalue weighted by Gasteiger charge is 2.19. The van der Waals surface area contributed by atoms with Crippen molar-refractivity contribution in [2.45, 2.75) is 6.42 Å². The first-order valence-electron chi connectivity index (χ1n) is 12.9. The summed E-state index contributed by atoms with van der Waals surface area (Å²) in [6, 6.07) is 4.70. The zero-order valence-corrected chi connectivity index (χ0v) is 25.4. The van der Waals surface area contributed by atoms with Gasteiger partial charge >= 0.3 is 0 Å². The third-order valence-corrected chi connectivity index (χ3v) is 7.37. The Balaban J connectivity index is 1.37. The van der Waals surface area contributed by atoms with Gasteiger partial charge < -0.3 is 39.9 Å². The molecule has 0 aliphatic heterocycles. The normalized spacial score (nSPS) is 11.0. The molecule has 0 atom stereocenters. The predicted molar refractivity (Wildman–Crippen MR) is 163 cm³/mol. The second-order valence-corrected chi connectivity index (χ2v) is 11.5. The van der Waals surface area contributed by atoms with Crippen LogP contribution in [0.25, 0.3) is 0 Å². The van der Waals surface area contributed by atoms with Crippen molar-refractivity contribution in [2.75, 3.05) is 43.1 Å². The number of nitrogens with one attached hydrogen (secondary N) is 4. The molecule has 4 aromatic rings. The predicted octanol–water partition coefficient (Wildman–Crippen LogP) is 3.25. The highest BCUT2D eigenvalue weighted by Crippen LogP contribution is 2.22. The van der Waals surface area contributed by atoms with Gasteiger partial charge in [-0.3, -0.25) is 19.2 Å². The molecule has 4 amide bonds. The van der Waals surface area contributed by atoms with Crippen LogP contribution in [0.1, 0.15) is 47.6 Å². The van der Waals surface area contributed by atoms with E-state index in [-0.39, 0.29) is 16.3 Å². The second-order valence-electron chi connectivity index (χ2n) is 9.93. The minimum absolute atomic E-state index is 0.225. The van der Waals surface area contributed by atoms with Gasteiger partial charge in [0, 0.05) is 46.3 Å². The first kappa shape index (κ1) is 30.6. The molecule has 0 saturated carbocycles. The maximum absolute atomic E-state index is 13.0. The number of aryl methyl sites for hydroxylation is 3. The molecule has 13 nitrogen and oxygen atoms in total. The quantitative estimate of drug-likeness (QED) is 0.191. The zero-order chi connectivity index (χ0) is 30.6. The van der Waals surface area contributed by atoms with Crippen LogP contribution in [0.2, 0.25) is 4.47 Å². The third-order valence-electron chi connectivity index (χ3n) is 6.26. The van der Waals surface area contributed by atoms with Gasteiger partial charge in [0.25, 0.3) is 23.6 Å². The summed E-state index contributed by atoms with van der Waals surface area (Å²) < 4.78 is 5.07.